The minimum absolute atomic E-state index is 0.0286. The van der Waals surface area contributed by atoms with Gasteiger partial charge in [-0.3, -0.25) is 4.79 Å². The van der Waals surface area contributed by atoms with Crippen LogP contribution in [0.2, 0.25) is 0 Å². The van der Waals surface area contributed by atoms with Gasteiger partial charge in [0.2, 0.25) is 0 Å². The van der Waals surface area contributed by atoms with Gasteiger partial charge in [0.05, 0.1) is 29.4 Å². The molecule has 0 radical (unpaired) electrons. The highest BCUT2D eigenvalue weighted by atomic mass is 79.9. The fourth-order valence-electron chi connectivity index (χ4n) is 2.56. The SMILES string of the molecule is Cc1c(C(=O)NC(C)Cc2ccco2)cnn1-c1ccc(Br)cc1. The normalized spacial score (nSPS) is 12.1. The molecule has 2 heterocycles. The van der Waals surface area contributed by atoms with E-state index < -0.39 is 0 Å². The van der Waals surface area contributed by atoms with Crippen molar-refractivity contribution in [2.24, 2.45) is 0 Å². The number of nitrogens with zero attached hydrogens (tertiary/aromatic N) is 2. The maximum Gasteiger partial charge on any atom is 0.254 e. The second kappa shape index (κ2) is 7.05. The van der Waals surface area contributed by atoms with Gasteiger partial charge in [-0.25, -0.2) is 4.68 Å². The van der Waals surface area contributed by atoms with E-state index >= 15 is 0 Å². The summed E-state index contributed by atoms with van der Waals surface area (Å²) in [4.78, 5) is 12.5. The van der Waals surface area contributed by atoms with Crippen molar-refractivity contribution in [2.75, 3.05) is 0 Å². The average Bonchev–Trinajstić information content (AvgIpc) is 3.18. The van der Waals surface area contributed by atoms with Crippen molar-refractivity contribution in [3.05, 3.63) is 70.3 Å². The van der Waals surface area contributed by atoms with Crippen LogP contribution in [0, 0.1) is 6.92 Å². The Bertz CT molecular complexity index is 823. The van der Waals surface area contributed by atoms with E-state index in [-0.39, 0.29) is 11.9 Å². The molecule has 5 nitrogen and oxygen atoms in total. The number of halogens is 1. The number of nitrogens with one attached hydrogen (secondary N) is 1. The second-order valence-electron chi connectivity index (χ2n) is 5.69. The molecule has 6 heteroatoms. The molecule has 0 spiro atoms. The third kappa shape index (κ3) is 3.59. The molecule has 0 aliphatic carbocycles. The molecule has 3 rings (SSSR count). The van der Waals surface area contributed by atoms with Gasteiger partial charge in [0.1, 0.15) is 5.76 Å². The highest BCUT2D eigenvalue weighted by Gasteiger charge is 2.17. The van der Waals surface area contributed by atoms with Crippen LogP contribution >= 0.6 is 15.9 Å². The van der Waals surface area contributed by atoms with Crippen molar-refractivity contribution >= 4 is 21.8 Å². The molecule has 2 aromatic heterocycles. The molecule has 1 N–H and O–H groups in total. The molecular weight excluding hydrogens is 370 g/mol. The van der Waals surface area contributed by atoms with Crippen molar-refractivity contribution in [3.8, 4) is 5.69 Å². The summed E-state index contributed by atoms with van der Waals surface area (Å²) in [6.45, 7) is 3.84. The maximum atomic E-state index is 12.5. The van der Waals surface area contributed by atoms with Gasteiger partial charge in [0.15, 0.2) is 0 Å². The topological polar surface area (TPSA) is 60.1 Å². The molecule has 0 bridgehead atoms. The van der Waals surface area contributed by atoms with Crippen LogP contribution in [0.5, 0.6) is 0 Å². The Hall–Kier alpha value is -2.34. The van der Waals surface area contributed by atoms with Gasteiger partial charge in [0, 0.05) is 16.9 Å². The third-order valence-electron chi connectivity index (χ3n) is 3.79. The zero-order valence-electron chi connectivity index (χ0n) is 13.5. The van der Waals surface area contributed by atoms with Crippen LogP contribution in [0.1, 0.15) is 28.7 Å². The Morgan fingerprint density at radius 1 is 1.33 bits per heavy atom. The summed E-state index contributed by atoms with van der Waals surface area (Å²) in [6, 6.07) is 11.5. The molecule has 1 unspecified atom stereocenters. The van der Waals surface area contributed by atoms with Gasteiger partial charge in [0.25, 0.3) is 5.91 Å². The summed E-state index contributed by atoms with van der Waals surface area (Å²) in [5, 5.41) is 7.33. The van der Waals surface area contributed by atoms with Crippen LogP contribution in [0.4, 0.5) is 0 Å². The zero-order chi connectivity index (χ0) is 17.1. The summed E-state index contributed by atoms with van der Waals surface area (Å²) in [7, 11) is 0. The number of rotatable bonds is 5. The highest BCUT2D eigenvalue weighted by Crippen LogP contribution is 2.17. The smallest absolute Gasteiger partial charge is 0.254 e. The lowest BCUT2D eigenvalue weighted by molar-refractivity contribution is 0.0938. The Kier molecular flexibility index (Phi) is 4.85. The maximum absolute atomic E-state index is 12.5. The molecular formula is C18H18BrN3O2. The average molecular weight is 388 g/mol. The molecule has 0 saturated carbocycles. The number of benzene rings is 1. The predicted molar refractivity (Wildman–Crippen MR) is 95.3 cm³/mol. The molecule has 24 heavy (non-hydrogen) atoms. The lowest BCUT2D eigenvalue weighted by Gasteiger charge is -2.12. The third-order valence-corrected chi connectivity index (χ3v) is 4.32. The summed E-state index contributed by atoms with van der Waals surface area (Å²) in [5.74, 6) is 0.722. The zero-order valence-corrected chi connectivity index (χ0v) is 15.1. The largest absolute Gasteiger partial charge is 0.469 e. The van der Waals surface area contributed by atoms with Crippen molar-refractivity contribution in [2.45, 2.75) is 26.3 Å². The van der Waals surface area contributed by atoms with Crippen LogP contribution < -0.4 is 5.32 Å². The van der Waals surface area contributed by atoms with E-state index in [4.69, 9.17) is 4.42 Å². The minimum Gasteiger partial charge on any atom is -0.469 e. The van der Waals surface area contributed by atoms with Crippen molar-refractivity contribution < 1.29 is 9.21 Å². The van der Waals surface area contributed by atoms with Crippen LogP contribution in [-0.4, -0.2) is 21.7 Å². The second-order valence-corrected chi connectivity index (χ2v) is 6.61. The van der Waals surface area contributed by atoms with Crippen LogP contribution in [0.3, 0.4) is 0 Å². The quantitative estimate of drug-likeness (QED) is 0.721. The lowest BCUT2D eigenvalue weighted by Crippen LogP contribution is -2.34. The van der Waals surface area contributed by atoms with E-state index in [9.17, 15) is 4.79 Å². The van der Waals surface area contributed by atoms with E-state index in [1.807, 2.05) is 50.2 Å². The van der Waals surface area contributed by atoms with Gasteiger partial charge < -0.3 is 9.73 Å². The number of aromatic nitrogens is 2. The molecule has 0 fully saturated rings. The van der Waals surface area contributed by atoms with E-state index in [2.05, 4.69) is 26.3 Å². The molecule has 1 aromatic carbocycles. The van der Waals surface area contributed by atoms with Crippen molar-refractivity contribution in [1.82, 2.24) is 15.1 Å². The highest BCUT2D eigenvalue weighted by molar-refractivity contribution is 9.10. The predicted octanol–water partition coefficient (Wildman–Crippen LogP) is 3.90. The Morgan fingerprint density at radius 3 is 2.75 bits per heavy atom. The molecule has 124 valence electrons. The van der Waals surface area contributed by atoms with Gasteiger partial charge in [-0.1, -0.05) is 15.9 Å². The molecule has 0 saturated heterocycles. The van der Waals surface area contributed by atoms with Gasteiger partial charge in [-0.05, 0) is 50.2 Å². The number of hydrogen-bond donors (Lipinski definition) is 1. The first kappa shape index (κ1) is 16.5. The molecule has 0 aliphatic heterocycles. The fourth-order valence-corrected chi connectivity index (χ4v) is 2.82. The molecule has 0 aliphatic rings. The van der Waals surface area contributed by atoms with E-state index in [1.165, 1.54) is 0 Å². The first-order valence-corrected chi connectivity index (χ1v) is 8.47. The van der Waals surface area contributed by atoms with E-state index in [1.54, 1.807) is 17.1 Å². The first-order valence-electron chi connectivity index (χ1n) is 7.68. The molecule has 1 amide bonds. The van der Waals surface area contributed by atoms with E-state index in [0.29, 0.717) is 12.0 Å². The van der Waals surface area contributed by atoms with Gasteiger partial charge >= 0.3 is 0 Å². The van der Waals surface area contributed by atoms with E-state index in [0.717, 1.165) is 21.6 Å². The lowest BCUT2D eigenvalue weighted by atomic mass is 10.1. The molecule has 1 atom stereocenters. The number of hydrogen-bond acceptors (Lipinski definition) is 3. The molecule has 3 aromatic rings. The number of carbonyl (C=O) groups is 1. The number of amides is 1. The van der Waals surface area contributed by atoms with Gasteiger partial charge in [-0.15, -0.1) is 0 Å². The number of carbonyl (C=O) groups excluding carboxylic acids is 1. The summed E-state index contributed by atoms with van der Waals surface area (Å²) >= 11 is 3.41. The monoisotopic (exact) mass is 387 g/mol. The summed E-state index contributed by atoms with van der Waals surface area (Å²) < 4.78 is 8.08. The minimum atomic E-state index is -0.130. The van der Waals surface area contributed by atoms with Crippen molar-refractivity contribution in [3.63, 3.8) is 0 Å². The van der Waals surface area contributed by atoms with Crippen LogP contribution in [0.25, 0.3) is 5.69 Å². The van der Waals surface area contributed by atoms with Crippen molar-refractivity contribution in [1.29, 1.82) is 0 Å². The Labute approximate surface area is 148 Å². The van der Waals surface area contributed by atoms with Crippen LogP contribution in [0.15, 0.2) is 57.7 Å². The Balaban J connectivity index is 1.72. The van der Waals surface area contributed by atoms with Crippen LogP contribution in [-0.2, 0) is 6.42 Å². The standard InChI is InChI=1S/C18H18BrN3O2/c1-12(10-16-4-3-9-24-16)21-18(23)17-11-20-22(13(17)2)15-7-5-14(19)6-8-15/h3-9,11-12H,10H2,1-2H3,(H,21,23). The Morgan fingerprint density at radius 2 is 2.08 bits per heavy atom. The number of furan rings is 1. The summed E-state index contributed by atoms with van der Waals surface area (Å²) in [6.07, 6.45) is 3.89. The first-order chi connectivity index (χ1) is 11.5. The fraction of sp³-hybridized carbons (Fsp3) is 0.222. The van der Waals surface area contributed by atoms with Gasteiger partial charge in [-0.2, -0.15) is 5.10 Å². The summed E-state index contributed by atoms with van der Waals surface area (Å²) in [5.41, 5.74) is 2.29.